The summed E-state index contributed by atoms with van der Waals surface area (Å²) in [6, 6.07) is 23.3. The quantitative estimate of drug-likeness (QED) is 0.271. The summed E-state index contributed by atoms with van der Waals surface area (Å²) in [6.07, 6.45) is 0. The number of anilines is 2. The molecule has 0 bridgehead atoms. The molecule has 0 saturated heterocycles. The van der Waals surface area contributed by atoms with E-state index in [1.165, 1.54) is 11.3 Å². The van der Waals surface area contributed by atoms with Crippen LogP contribution in [0, 0.1) is 6.92 Å². The lowest BCUT2D eigenvalue weighted by molar-refractivity contribution is 0.108. The average molecular weight is 511 g/mol. The number of aromatic nitrogens is 1. The number of benzene rings is 3. The van der Waals surface area contributed by atoms with Crippen LogP contribution in [0.1, 0.15) is 15.9 Å². The molecule has 1 aromatic heterocycles. The Bertz CT molecular complexity index is 1210. The van der Waals surface area contributed by atoms with E-state index in [-0.39, 0.29) is 5.12 Å². The van der Waals surface area contributed by atoms with Crippen molar-refractivity contribution in [1.29, 1.82) is 0 Å². The summed E-state index contributed by atoms with van der Waals surface area (Å²) < 4.78 is 6.26. The van der Waals surface area contributed by atoms with E-state index in [4.69, 9.17) is 9.72 Å². The third kappa shape index (κ3) is 5.18. The molecule has 0 atom stereocenters. The first-order valence-electron chi connectivity index (χ1n) is 9.49. The van der Waals surface area contributed by atoms with Crippen molar-refractivity contribution in [3.63, 3.8) is 0 Å². The molecule has 4 rings (SSSR count). The summed E-state index contributed by atoms with van der Waals surface area (Å²) in [5.74, 6) is 0.790. The minimum Gasteiger partial charge on any atom is -0.497 e. The Hall–Kier alpha value is -2.61. The highest BCUT2D eigenvalue weighted by Gasteiger charge is 2.19. The van der Waals surface area contributed by atoms with E-state index in [1.807, 2.05) is 79.7 Å². The maximum absolute atomic E-state index is 13.0. The number of carbonyl (C=O) groups is 1. The summed E-state index contributed by atoms with van der Waals surface area (Å²) in [7, 11) is 1.64. The van der Waals surface area contributed by atoms with Crippen molar-refractivity contribution >= 4 is 54.8 Å². The normalized spacial score (nSPS) is 10.7. The first kappa shape index (κ1) is 21.6. The van der Waals surface area contributed by atoms with Crippen molar-refractivity contribution in [2.45, 2.75) is 11.9 Å². The number of nitrogens with zero attached hydrogens (tertiary/aromatic N) is 1. The van der Waals surface area contributed by atoms with Crippen molar-refractivity contribution in [3.8, 4) is 16.3 Å². The SMILES string of the molecule is COc1ccc(-c2nc(SC(=O)c3ccccc3C)c(Nc3ccc(Br)cc3)s2)cc1. The van der Waals surface area contributed by atoms with E-state index in [2.05, 4.69) is 21.2 Å². The molecule has 0 fully saturated rings. The van der Waals surface area contributed by atoms with Crippen LogP contribution in [0.2, 0.25) is 0 Å². The second-order valence-corrected chi connectivity index (χ2v) is 9.59. The Labute approximate surface area is 197 Å². The van der Waals surface area contributed by atoms with Crippen LogP contribution in [0.4, 0.5) is 10.7 Å². The molecule has 0 spiro atoms. The third-order valence-electron chi connectivity index (χ3n) is 4.59. The van der Waals surface area contributed by atoms with E-state index in [9.17, 15) is 4.79 Å². The van der Waals surface area contributed by atoms with Crippen LogP contribution in [0.25, 0.3) is 10.6 Å². The van der Waals surface area contributed by atoms with Crippen LogP contribution in [-0.4, -0.2) is 17.2 Å². The molecule has 7 heteroatoms. The Morgan fingerprint density at radius 3 is 2.42 bits per heavy atom. The molecular weight excluding hydrogens is 492 g/mol. The maximum Gasteiger partial charge on any atom is 0.225 e. The minimum atomic E-state index is -0.0245. The Morgan fingerprint density at radius 1 is 1.03 bits per heavy atom. The van der Waals surface area contributed by atoms with Gasteiger partial charge in [-0.05, 0) is 72.8 Å². The van der Waals surface area contributed by atoms with Crippen LogP contribution >= 0.6 is 39.0 Å². The lowest BCUT2D eigenvalue weighted by Crippen LogP contribution is -1.98. The van der Waals surface area contributed by atoms with E-state index in [0.717, 1.165) is 48.8 Å². The second kappa shape index (κ2) is 9.68. The zero-order valence-electron chi connectivity index (χ0n) is 16.9. The number of aryl methyl sites for hydroxylation is 1. The van der Waals surface area contributed by atoms with Gasteiger partial charge in [0.15, 0.2) is 0 Å². The Morgan fingerprint density at radius 2 is 1.74 bits per heavy atom. The van der Waals surface area contributed by atoms with E-state index >= 15 is 0 Å². The number of thiazole rings is 1. The average Bonchev–Trinajstić information content (AvgIpc) is 3.17. The fourth-order valence-electron chi connectivity index (χ4n) is 2.92. The molecule has 0 amide bonds. The van der Waals surface area contributed by atoms with Crippen LogP contribution in [0.15, 0.2) is 82.3 Å². The number of halogens is 1. The largest absolute Gasteiger partial charge is 0.497 e. The first-order chi connectivity index (χ1) is 15.0. The van der Waals surface area contributed by atoms with Crippen molar-refractivity contribution in [1.82, 2.24) is 4.98 Å². The van der Waals surface area contributed by atoms with Gasteiger partial charge in [0.05, 0.1) is 7.11 Å². The smallest absolute Gasteiger partial charge is 0.225 e. The summed E-state index contributed by atoms with van der Waals surface area (Å²) in [5.41, 5.74) is 3.55. The van der Waals surface area contributed by atoms with Gasteiger partial charge in [0, 0.05) is 21.3 Å². The molecule has 156 valence electrons. The third-order valence-corrected chi connectivity index (χ3v) is 7.16. The molecular formula is C24H19BrN2O2S2. The number of rotatable bonds is 6. The van der Waals surface area contributed by atoms with Crippen LogP contribution in [0.5, 0.6) is 5.75 Å². The maximum atomic E-state index is 13.0. The zero-order chi connectivity index (χ0) is 21.8. The van der Waals surface area contributed by atoms with Crippen LogP contribution < -0.4 is 10.1 Å². The first-order valence-corrected chi connectivity index (χ1v) is 11.9. The molecule has 31 heavy (non-hydrogen) atoms. The van der Waals surface area contributed by atoms with Gasteiger partial charge < -0.3 is 10.1 Å². The fraction of sp³-hybridized carbons (Fsp3) is 0.0833. The highest BCUT2D eigenvalue weighted by atomic mass is 79.9. The molecule has 4 aromatic rings. The summed E-state index contributed by atoms with van der Waals surface area (Å²) >= 11 is 6.13. The fourth-order valence-corrected chi connectivity index (χ4v) is 5.17. The van der Waals surface area contributed by atoms with Crippen molar-refractivity contribution < 1.29 is 9.53 Å². The zero-order valence-corrected chi connectivity index (χ0v) is 20.1. The van der Waals surface area contributed by atoms with Gasteiger partial charge in [0.2, 0.25) is 5.12 Å². The molecule has 1 heterocycles. The van der Waals surface area contributed by atoms with Crippen LogP contribution in [0.3, 0.4) is 0 Å². The van der Waals surface area contributed by atoms with Gasteiger partial charge in [-0.1, -0.05) is 51.5 Å². The molecule has 0 aliphatic heterocycles. The molecule has 0 aliphatic rings. The van der Waals surface area contributed by atoms with Crippen molar-refractivity contribution in [2.75, 3.05) is 12.4 Å². The minimum absolute atomic E-state index is 0.0245. The summed E-state index contributed by atoms with van der Waals surface area (Å²) in [4.78, 5) is 17.8. The van der Waals surface area contributed by atoms with Crippen molar-refractivity contribution in [3.05, 3.63) is 88.4 Å². The topological polar surface area (TPSA) is 51.2 Å². The van der Waals surface area contributed by atoms with E-state index < -0.39 is 0 Å². The molecule has 1 N–H and O–H groups in total. The standard InChI is InChI=1S/C24H19BrN2O2S2/c1-15-5-3-4-6-20(15)24(28)31-23-22(26-18-11-9-17(25)10-12-18)30-21(27-23)16-7-13-19(29-2)14-8-16/h3-14,26H,1-2H3. The summed E-state index contributed by atoms with van der Waals surface area (Å²) in [6.45, 7) is 1.94. The molecule has 0 radical (unpaired) electrons. The number of hydrogen-bond donors (Lipinski definition) is 1. The van der Waals surface area contributed by atoms with Crippen molar-refractivity contribution in [2.24, 2.45) is 0 Å². The molecule has 0 unspecified atom stereocenters. The van der Waals surface area contributed by atoms with E-state index in [1.54, 1.807) is 7.11 Å². The van der Waals surface area contributed by atoms with Gasteiger partial charge in [-0.3, -0.25) is 4.79 Å². The van der Waals surface area contributed by atoms with Gasteiger partial charge in [-0.25, -0.2) is 4.98 Å². The van der Waals surface area contributed by atoms with Crippen LogP contribution in [-0.2, 0) is 0 Å². The highest BCUT2D eigenvalue weighted by Crippen LogP contribution is 2.40. The monoisotopic (exact) mass is 510 g/mol. The number of hydrogen-bond acceptors (Lipinski definition) is 6. The number of nitrogens with one attached hydrogen (secondary N) is 1. The predicted octanol–water partition coefficient (Wildman–Crippen LogP) is 7.57. The lowest BCUT2D eigenvalue weighted by atomic mass is 10.1. The Balaban J connectivity index is 1.68. The lowest BCUT2D eigenvalue weighted by Gasteiger charge is -2.07. The molecule has 3 aromatic carbocycles. The van der Waals surface area contributed by atoms with Gasteiger partial charge in [-0.15, -0.1) is 0 Å². The Kier molecular flexibility index (Phi) is 6.75. The van der Waals surface area contributed by atoms with Gasteiger partial charge in [0.1, 0.15) is 20.8 Å². The molecule has 0 aliphatic carbocycles. The molecule has 0 saturated carbocycles. The number of thioether (sulfide) groups is 1. The number of carbonyl (C=O) groups excluding carboxylic acids is 1. The van der Waals surface area contributed by atoms with Gasteiger partial charge >= 0.3 is 0 Å². The van der Waals surface area contributed by atoms with E-state index in [0.29, 0.717) is 10.6 Å². The molecule has 4 nitrogen and oxygen atoms in total. The predicted molar refractivity (Wildman–Crippen MR) is 133 cm³/mol. The second-order valence-electron chi connectivity index (χ2n) is 6.72. The summed E-state index contributed by atoms with van der Waals surface area (Å²) in [5, 5.41) is 5.72. The van der Waals surface area contributed by atoms with Gasteiger partial charge in [0.25, 0.3) is 0 Å². The highest BCUT2D eigenvalue weighted by molar-refractivity contribution is 9.10. The van der Waals surface area contributed by atoms with Gasteiger partial charge in [-0.2, -0.15) is 0 Å². The number of methoxy groups -OCH3 is 1. The number of ether oxygens (including phenoxy) is 1.